The van der Waals surface area contributed by atoms with E-state index in [9.17, 15) is 4.79 Å². The van der Waals surface area contributed by atoms with Crippen LogP contribution in [0.15, 0.2) is 36.4 Å². The number of ether oxygens (including phenoxy) is 1. The van der Waals surface area contributed by atoms with Crippen molar-refractivity contribution in [3.63, 3.8) is 0 Å². The van der Waals surface area contributed by atoms with Crippen LogP contribution in [0.2, 0.25) is 0 Å². The van der Waals surface area contributed by atoms with Crippen LogP contribution in [0.5, 0.6) is 5.75 Å². The highest BCUT2D eigenvalue weighted by Gasteiger charge is 2.31. The van der Waals surface area contributed by atoms with Crippen LogP contribution in [0.3, 0.4) is 0 Å². The minimum atomic E-state index is -0.123. The van der Waals surface area contributed by atoms with Crippen molar-refractivity contribution in [3.05, 3.63) is 53.1 Å². The van der Waals surface area contributed by atoms with Gasteiger partial charge in [-0.15, -0.1) is 0 Å². The molecule has 2 aromatic rings. The predicted octanol–water partition coefficient (Wildman–Crippen LogP) is 3.92. The second-order valence-electron chi connectivity index (χ2n) is 7.56. The largest absolute Gasteiger partial charge is 0.487 e. The summed E-state index contributed by atoms with van der Waals surface area (Å²) in [6, 6.07) is 12.6. The first-order valence-electron chi connectivity index (χ1n) is 8.88. The van der Waals surface area contributed by atoms with Crippen molar-refractivity contribution < 1.29 is 9.53 Å². The van der Waals surface area contributed by atoms with E-state index < -0.39 is 0 Å². The minimum Gasteiger partial charge on any atom is -0.487 e. The summed E-state index contributed by atoms with van der Waals surface area (Å²) in [6.07, 6.45) is 1.87. The fourth-order valence-electron chi connectivity index (χ4n) is 3.85. The monoisotopic (exact) mass is 336 g/mol. The second-order valence-corrected chi connectivity index (χ2v) is 7.56. The number of nitrogens with zero attached hydrogens (tertiary/aromatic N) is 1. The maximum Gasteiger partial charge on any atom is 0.223 e. The maximum atomic E-state index is 11.7. The van der Waals surface area contributed by atoms with Gasteiger partial charge in [-0.3, -0.25) is 4.79 Å². The highest BCUT2D eigenvalue weighted by atomic mass is 16.5. The Morgan fingerprint density at radius 2 is 2.08 bits per heavy atom. The summed E-state index contributed by atoms with van der Waals surface area (Å²) in [7, 11) is 0. The van der Waals surface area contributed by atoms with E-state index in [-0.39, 0.29) is 11.5 Å². The first-order valence-corrected chi connectivity index (χ1v) is 8.88. The Bertz CT molecular complexity index is 842. The lowest BCUT2D eigenvalue weighted by atomic mass is 10.0. The molecule has 0 spiro atoms. The topological polar surface area (TPSA) is 41.6 Å². The van der Waals surface area contributed by atoms with Gasteiger partial charge >= 0.3 is 0 Å². The number of amides is 1. The molecule has 0 saturated heterocycles. The molecule has 4 heteroatoms. The van der Waals surface area contributed by atoms with Crippen molar-refractivity contribution in [1.82, 2.24) is 0 Å². The molecule has 2 aliphatic rings. The summed E-state index contributed by atoms with van der Waals surface area (Å²) in [6.45, 7) is 7.40. The van der Waals surface area contributed by atoms with Gasteiger partial charge in [-0.05, 0) is 49.6 Å². The van der Waals surface area contributed by atoms with E-state index in [0.717, 1.165) is 43.1 Å². The molecule has 0 fully saturated rings. The lowest BCUT2D eigenvalue weighted by Gasteiger charge is -2.18. The second kappa shape index (κ2) is 5.80. The molecule has 0 unspecified atom stereocenters. The number of para-hydroxylation sites is 1. The summed E-state index contributed by atoms with van der Waals surface area (Å²) in [4.78, 5) is 13.5. The van der Waals surface area contributed by atoms with Crippen LogP contribution in [-0.4, -0.2) is 18.1 Å². The lowest BCUT2D eigenvalue weighted by Crippen LogP contribution is -2.25. The molecule has 25 heavy (non-hydrogen) atoms. The molecule has 0 saturated carbocycles. The highest BCUT2D eigenvalue weighted by Crippen LogP contribution is 2.38. The van der Waals surface area contributed by atoms with Crippen molar-refractivity contribution >= 4 is 17.3 Å². The summed E-state index contributed by atoms with van der Waals surface area (Å²) in [5.41, 5.74) is 5.71. The van der Waals surface area contributed by atoms with E-state index in [4.69, 9.17) is 4.74 Å². The Labute approximate surface area is 148 Å². The van der Waals surface area contributed by atoms with Gasteiger partial charge in [0, 0.05) is 43.4 Å². The molecule has 1 amide bonds. The Morgan fingerprint density at radius 3 is 2.88 bits per heavy atom. The van der Waals surface area contributed by atoms with Gasteiger partial charge < -0.3 is 15.0 Å². The number of carbonyl (C=O) groups excluding carboxylic acids is 1. The number of hydrogen-bond donors (Lipinski definition) is 1. The van der Waals surface area contributed by atoms with Gasteiger partial charge in [-0.25, -0.2) is 0 Å². The van der Waals surface area contributed by atoms with E-state index in [1.54, 1.807) is 6.92 Å². The van der Waals surface area contributed by atoms with E-state index in [1.165, 1.54) is 16.7 Å². The third-order valence-corrected chi connectivity index (χ3v) is 5.01. The smallest absolute Gasteiger partial charge is 0.223 e. The molecule has 2 heterocycles. The maximum absolute atomic E-state index is 11.7. The normalized spacial score (nSPS) is 17.0. The Balaban J connectivity index is 1.51. The van der Waals surface area contributed by atoms with E-state index in [0.29, 0.717) is 0 Å². The molecule has 4 nitrogen and oxygen atoms in total. The third kappa shape index (κ3) is 2.97. The van der Waals surface area contributed by atoms with Crippen molar-refractivity contribution in [2.75, 3.05) is 16.8 Å². The zero-order chi connectivity index (χ0) is 17.6. The van der Waals surface area contributed by atoms with Gasteiger partial charge in [0.2, 0.25) is 5.91 Å². The molecular formula is C21H24N2O2. The number of fused-ring (bicyclic) bond motifs is 2. The summed E-state index contributed by atoms with van der Waals surface area (Å²) >= 11 is 0. The number of carbonyl (C=O) groups is 1. The first-order chi connectivity index (χ1) is 11.9. The minimum absolute atomic E-state index is 0.110. The van der Waals surface area contributed by atoms with Crippen LogP contribution in [0.25, 0.3) is 0 Å². The SMILES string of the molecule is CC(=O)N1CCc2cc(NCc3cccc4c3OC(C)(C)C4)ccc21. The van der Waals surface area contributed by atoms with Crippen molar-refractivity contribution in [2.45, 2.75) is 45.8 Å². The van der Waals surface area contributed by atoms with Gasteiger partial charge in [0.05, 0.1) is 0 Å². The van der Waals surface area contributed by atoms with Gasteiger partial charge in [-0.1, -0.05) is 18.2 Å². The third-order valence-electron chi connectivity index (χ3n) is 5.01. The molecule has 130 valence electrons. The fourth-order valence-corrected chi connectivity index (χ4v) is 3.85. The fraction of sp³-hybridized carbons (Fsp3) is 0.381. The lowest BCUT2D eigenvalue weighted by molar-refractivity contribution is -0.116. The summed E-state index contributed by atoms with van der Waals surface area (Å²) < 4.78 is 6.14. The Morgan fingerprint density at radius 1 is 1.24 bits per heavy atom. The molecule has 0 atom stereocenters. The standard InChI is InChI=1S/C21H24N2O2/c1-14(24)23-10-9-15-11-18(7-8-19(15)23)22-13-17-6-4-5-16-12-21(2,3)25-20(16)17/h4-8,11,22H,9-10,12-13H2,1-3H3. The molecule has 1 N–H and O–H groups in total. The molecule has 0 aromatic heterocycles. The zero-order valence-corrected chi connectivity index (χ0v) is 15.1. The van der Waals surface area contributed by atoms with Gasteiger partial charge in [-0.2, -0.15) is 0 Å². The van der Waals surface area contributed by atoms with Crippen molar-refractivity contribution in [3.8, 4) is 5.75 Å². The molecule has 2 aromatic carbocycles. The predicted molar refractivity (Wildman–Crippen MR) is 100 cm³/mol. The van der Waals surface area contributed by atoms with Crippen LogP contribution in [-0.2, 0) is 24.2 Å². The number of rotatable bonds is 3. The van der Waals surface area contributed by atoms with Gasteiger partial charge in [0.15, 0.2) is 0 Å². The van der Waals surface area contributed by atoms with Gasteiger partial charge in [0.25, 0.3) is 0 Å². The average molecular weight is 336 g/mol. The molecule has 0 bridgehead atoms. The molecule has 2 aliphatic heterocycles. The quantitative estimate of drug-likeness (QED) is 0.924. The Kier molecular flexibility index (Phi) is 3.71. The average Bonchev–Trinajstić information content (AvgIpc) is 3.11. The van der Waals surface area contributed by atoms with Crippen LogP contribution < -0.4 is 15.0 Å². The number of nitrogens with one attached hydrogen (secondary N) is 1. The molecular weight excluding hydrogens is 312 g/mol. The summed E-state index contributed by atoms with van der Waals surface area (Å²) in [5.74, 6) is 1.14. The van der Waals surface area contributed by atoms with E-state index in [2.05, 4.69) is 43.4 Å². The highest BCUT2D eigenvalue weighted by molar-refractivity contribution is 5.94. The van der Waals surface area contributed by atoms with Crippen molar-refractivity contribution in [1.29, 1.82) is 0 Å². The van der Waals surface area contributed by atoms with Crippen LogP contribution in [0, 0.1) is 0 Å². The van der Waals surface area contributed by atoms with Crippen LogP contribution >= 0.6 is 0 Å². The van der Waals surface area contributed by atoms with E-state index in [1.807, 2.05) is 17.0 Å². The van der Waals surface area contributed by atoms with Crippen LogP contribution in [0.4, 0.5) is 11.4 Å². The molecule has 0 aliphatic carbocycles. The molecule has 0 radical (unpaired) electrons. The first kappa shape index (κ1) is 16.0. The number of benzene rings is 2. The summed E-state index contributed by atoms with van der Waals surface area (Å²) in [5, 5.41) is 3.51. The number of hydrogen-bond acceptors (Lipinski definition) is 3. The van der Waals surface area contributed by atoms with E-state index >= 15 is 0 Å². The van der Waals surface area contributed by atoms with Crippen LogP contribution in [0.1, 0.15) is 37.5 Å². The van der Waals surface area contributed by atoms with Crippen molar-refractivity contribution in [2.24, 2.45) is 0 Å². The zero-order valence-electron chi connectivity index (χ0n) is 15.1. The molecule has 4 rings (SSSR count). The Hall–Kier alpha value is -2.49. The number of anilines is 2. The van der Waals surface area contributed by atoms with Gasteiger partial charge in [0.1, 0.15) is 11.4 Å².